The van der Waals surface area contributed by atoms with E-state index in [2.05, 4.69) is 4.98 Å². The van der Waals surface area contributed by atoms with Crippen LogP contribution in [0.1, 0.15) is 24.6 Å². The minimum atomic E-state index is -0.272. The number of carbonyl (C=O) groups is 1. The Morgan fingerprint density at radius 3 is 2.48 bits per heavy atom. The third-order valence-electron chi connectivity index (χ3n) is 4.28. The minimum absolute atomic E-state index is 0.0978. The van der Waals surface area contributed by atoms with Crippen molar-refractivity contribution in [1.29, 1.82) is 0 Å². The highest BCUT2D eigenvalue weighted by atomic mass is 19.1. The molecule has 0 saturated heterocycles. The number of nitrogens with zero attached hydrogens (tertiary/aromatic N) is 1. The van der Waals surface area contributed by atoms with Crippen LogP contribution in [0.3, 0.4) is 0 Å². The molecule has 0 fully saturated rings. The van der Waals surface area contributed by atoms with Gasteiger partial charge < -0.3 is 4.74 Å². The van der Waals surface area contributed by atoms with Crippen LogP contribution in [0.2, 0.25) is 0 Å². The van der Waals surface area contributed by atoms with E-state index >= 15 is 0 Å². The van der Waals surface area contributed by atoms with Crippen LogP contribution >= 0.6 is 0 Å². The van der Waals surface area contributed by atoms with E-state index in [1.165, 1.54) is 12.1 Å². The second-order valence-corrected chi connectivity index (χ2v) is 6.34. The molecule has 1 heterocycles. The summed E-state index contributed by atoms with van der Waals surface area (Å²) in [5, 5.41) is 0. The van der Waals surface area contributed by atoms with Gasteiger partial charge in [0, 0.05) is 30.3 Å². The van der Waals surface area contributed by atoms with Crippen molar-refractivity contribution in [3.8, 4) is 16.9 Å². The third kappa shape index (κ3) is 5.48. The lowest BCUT2D eigenvalue weighted by molar-refractivity contribution is -0.118. The van der Waals surface area contributed by atoms with Gasteiger partial charge in [0.05, 0.1) is 6.61 Å². The number of ketones is 1. The van der Waals surface area contributed by atoms with Crippen LogP contribution in [0.15, 0.2) is 66.9 Å². The number of pyridine rings is 1. The Bertz CT molecular complexity index is 889. The summed E-state index contributed by atoms with van der Waals surface area (Å²) < 4.78 is 18.6. The predicted molar refractivity (Wildman–Crippen MR) is 104 cm³/mol. The summed E-state index contributed by atoms with van der Waals surface area (Å²) in [5.41, 5.74) is 3.63. The molecule has 0 amide bonds. The van der Waals surface area contributed by atoms with E-state index in [-0.39, 0.29) is 11.6 Å². The number of hydrogen-bond acceptors (Lipinski definition) is 3. The topological polar surface area (TPSA) is 39.2 Å². The largest absolute Gasteiger partial charge is 0.494 e. The Morgan fingerprint density at radius 1 is 1.04 bits per heavy atom. The summed E-state index contributed by atoms with van der Waals surface area (Å²) in [6.07, 6.45) is 3.00. The van der Waals surface area contributed by atoms with Crippen LogP contribution in [-0.2, 0) is 17.6 Å². The van der Waals surface area contributed by atoms with Crippen LogP contribution in [0.5, 0.6) is 5.75 Å². The lowest BCUT2D eigenvalue weighted by Crippen LogP contribution is -2.06. The van der Waals surface area contributed by atoms with Gasteiger partial charge in [0.2, 0.25) is 0 Å². The molecule has 2 aromatic carbocycles. The number of aryl methyl sites for hydroxylation is 1. The van der Waals surface area contributed by atoms with Gasteiger partial charge in [0.25, 0.3) is 0 Å². The summed E-state index contributed by atoms with van der Waals surface area (Å²) in [7, 11) is 0. The zero-order valence-electron chi connectivity index (χ0n) is 15.3. The highest BCUT2D eigenvalue weighted by Crippen LogP contribution is 2.22. The van der Waals surface area contributed by atoms with Crippen molar-refractivity contribution in [2.75, 3.05) is 6.61 Å². The van der Waals surface area contributed by atoms with E-state index in [9.17, 15) is 9.18 Å². The molecule has 0 spiro atoms. The van der Waals surface area contributed by atoms with Crippen molar-refractivity contribution in [1.82, 2.24) is 4.98 Å². The molecule has 0 radical (unpaired) electrons. The van der Waals surface area contributed by atoms with E-state index in [0.717, 1.165) is 28.1 Å². The average molecular weight is 363 g/mol. The second-order valence-electron chi connectivity index (χ2n) is 6.34. The molecular weight excluding hydrogens is 341 g/mol. The fourth-order valence-electron chi connectivity index (χ4n) is 2.88. The fourth-order valence-corrected chi connectivity index (χ4v) is 2.88. The molecule has 0 atom stereocenters. The van der Waals surface area contributed by atoms with Crippen LogP contribution in [0.25, 0.3) is 11.1 Å². The maximum atomic E-state index is 13.2. The van der Waals surface area contributed by atoms with Gasteiger partial charge in [-0.1, -0.05) is 30.3 Å². The van der Waals surface area contributed by atoms with Crippen molar-refractivity contribution in [3.63, 3.8) is 0 Å². The molecule has 0 aliphatic carbocycles. The molecule has 0 saturated carbocycles. The zero-order valence-corrected chi connectivity index (χ0v) is 15.3. The number of Topliss-reactive ketones (excluding diaryl/α,β-unsaturated/α-hetero) is 1. The summed E-state index contributed by atoms with van der Waals surface area (Å²) in [6, 6.07) is 18.1. The molecular formula is C23H22FNO2. The van der Waals surface area contributed by atoms with Crippen molar-refractivity contribution >= 4 is 5.78 Å². The van der Waals surface area contributed by atoms with Crippen LogP contribution < -0.4 is 4.74 Å². The molecule has 3 nitrogen and oxygen atoms in total. The van der Waals surface area contributed by atoms with Gasteiger partial charge >= 0.3 is 0 Å². The van der Waals surface area contributed by atoms with E-state index in [4.69, 9.17) is 4.74 Å². The number of halogens is 1. The number of ether oxygens (including phenoxy) is 1. The zero-order chi connectivity index (χ0) is 19.1. The maximum Gasteiger partial charge on any atom is 0.139 e. The third-order valence-corrected chi connectivity index (χ3v) is 4.28. The van der Waals surface area contributed by atoms with E-state index in [0.29, 0.717) is 25.9 Å². The van der Waals surface area contributed by atoms with Gasteiger partial charge in [-0.05, 0) is 54.8 Å². The summed E-state index contributed by atoms with van der Waals surface area (Å²) in [4.78, 5) is 16.6. The lowest BCUT2D eigenvalue weighted by atomic mass is 10.0. The first-order valence-corrected chi connectivity index (χ1v) is 9.08. The quantitative estimate of drug-likeness (QED) is 0.563. The number of benzene rings is 2. The lowest BCUT2D eigenvalue weighted by Gasteiger charge is -2.06. The molecule has 0 aliphatic rings. The molecule has 0 bridgehead atoms. The molecule has 3 aromatic rings. The molecule has 3 rings (SSSR count). The summed E-state index contributed by atoms with van der Waals surface area (Å²) in [6.45, 7) is 2.60. The predicted octanol–water partition coefficient (Wildman–Crippen LogP) is 5.03. The minimum Gasteiger partial charge on any atom is -0.494 e. The Hall–Kier alpha value is -3.01. The van der Waals surface area contributed by atoms with Gasteiger partial charge in [-0.25, -0.2) is 4.39 Å². The molecule has 4 heteroatoms. The number of rotatable bonds is 8. The summed E-state index contributed by atoms with van der Waals surface area (Å²) in [5.74, 6) is 0.668. The van der Waals surface area contributed by atoms with E-state index in [1.54, 1.807) is 12.3 Å². The van der Waals surface area contributed by atoms with E-state index < -0.39 is 0 Å². The Kier molecular flexibility index (Phi) is 6.31. The average Bonchev–Trinajstić information content (AvgIpc) is 2.68. The van der Waals surface area contributed by atoms with Gasteiger partial charge in [0.1, 0.15) is 17.3 Å². The van der Waals surface area contributed by atoms with Gasteiger partial charge in [-0.15, -0.1) is 0 Å². The molecule has 0 N–H and O–H groups in total. The van der Waals surface area contributed by atoms with Crippen LogP contribution in [0, 0.1) is 5.82 Å². The first-order chi connectivity index (χ1) is 13.1. The Morgan fingerprint density at radius 2 is 1.81 bits per heavy atom. The number of aromatic nitrogens is 1. The first kappa shape index (κ1) is 18.8. The van der Waals surface area contributed by atoms with Gasteiger partial charge in [-0.3, -0.25) is 9.78 Å². The highest BCUT2D eigenvalue weighted by Gasteiger charge is 2.07. The van der Waals surface area contributed by atoms with Crippen LogP contribution in [-0.4, -0.2) is 17.4 Å². The first-order valence-electron chi connectivity index (χ1n) is 9.08. The fraction of sp³-hybridized carbons (Fsp3) is 0.217. The smallest absolute Gasteiger partial charge is 0.139 e. The molecule has 1 aromatic heterocycles. The molecule has 138 valence electrons. The van der Waals surface area contributed by atoms with Crippen molar-refractivity contribution in [2.24, 2.45) is 0 Å². The molecule has 0 aliphatic heterocycles. The highest BCUT2D eigenvalue weighted by molar-refractivity contribution is 5.80. The maximum absolute atomic E-state index is 13.2. The van der Waals surface area contributed by atoms with Crippen molar-refractivity contribution in [3.05, 3.63) is 83.9 Å². The molecule has 0 unspecified atom stereocenters. The van der Waals surface area contributed by atoms with Crippen molar-refractivity contribution in [2.45, 2.75) is 26.2 Å². The second kappa shape index (κ2) is 9.08. The Balaban J connectivity index is 1.56. The van der Waals surface area contributed by atoms with Gasteiger partial charge in [-0.2, -0.15) is 0 Å². The normalized spacial score (nSPS) is 10.6. The standard InChI is InChI=1S/C23H22FNO2/c1-2-27-23-12-8-18(9-13-23)19-7-10-21(25-16-19)15-22(26)11-6-17-4-3-5-20(24)14-17/h3-5,7-10,12-14,16H,2,6,11,15H2,1H3. The number of hydrogen-bond donors (Lipinski definition) is 0. The summed E-state index contributed by atoms with van der Waals surface area (Å²) >= 11 is 0. The monoisotopic (exact) mass is 363 g/mol. The van der Waals surface area contributed by atoms with E-state index in [1.807, 2.05) is 49.4 Å². The number of carbonyl (C=O) groups excluding carboxylic acids is 1. The SMILES string of the molecule is CCOc1ccc(-c2ccc(CC(=O)CCc3cccc(F)c3)nc2)cc1. The Labute approximate surface area is 158 Å². The van der Waals surface area contributed by atoms with Crippen molar-refractivity contribution < 1.29 is 13.9 Å². The molecule has 27 heavy (non-hydrogen) atoms. The van der Waals surface area contributed by atoms with Crippen LogP contribution in [0.4, 0.5) is 4.39 Å². The van der Waals surface area contributed by atoms with Gasteiger partial charge in [0.15, 0.2) is 0 Å².